The number of hydrogen-bond acceptors (Lipinski definition) is 15. The molecule has 0 saturated carbocycles. The van der Waals surface area contributed by atoms with Gasteiger partial charge in [-0.2, -0.15) is 0 Å². The van der Waals surface area contributed by atoms with Crippen LogP contribution in [0, 0.1) is 5.92 Å². The molecule has 17 nitrogen and oxygen atoms in total. The minimum atomic E-state index is -1.97. The van der Waals surface area contributed by atoms with Gasteiger partial charge in [-0.1, -0.05) is 55.1 Å². The van der Waals surface area contributed by atoms with Gasteiger partial charge < -0.3 is 49.1 Å². The molecule has 1 rings (SSSR count). The summed E-state index contributed by atoms with van der Waals surface area (Å²) in [6, 6.07) is -3.62. The van der Waals surface area contributed by atoms with E-state index in [0.29, 0.717) is 6.42 Å². The van der Waals surface area contributed by atoms with Crippen LogP contribution in [0.2, 0.25) is 0 Å². The monoisotopic (exact) mass is 823 g/mol. The summed E-state index contributed by atoms with van der Waals surface area (Å²) in [4.78, 5) is 87.9. The second-order valence-corrected chi connectivity index (χ2v) is 16.3. The first kappa shape index (κ1) is 47.1. The van der Waals surface area contributed by atoms with Gasteiger partial charge in [0.25, 0.3) is 0 Å². The first-order valence-corrected chi connectivity index (χ1v) is 18.3. The van der Waals surface area contributed by atoms with Crippen molar-refractivity contribution in [3.05, 3.63) is 0 Å². The Morgan fingerprint density at radius 3 is 1.96 bits per heavy atom. The third-order valence-corrected chi connectivity index (χ3v) is 8.55. The lowest BCUT2D eigenvalue weighted by atomic mass is 9.97. The van der Waals surface area contributed by atoms with E-state index in [4.69, 9.17) is 68.0 Å². The summed E-state index contributed by atoms with van der Waals surface area (Å²) in [5.41, 5.74) is -2.09. The fraction of sp³-hybridized carbons (Fsp3) is 0.774. The molecule has 0 aromatic carbocycles. The molecule has 1 aliphatic heterocycles. The lowest BCUT2D eigenvalue weighted by molar-refractivity contribution is -0.211. The molecule has 0 unspecified atom stereocenters. The van der Waals surface area contributed by atoms with Gasteiger partial charge in [-0.25, -0.2) is 14.4 Å². The number of alkyl carbamates (subject to hydrolysis) is 2. The highest BCUT2D eigenvalue weighted by atomic mass is 35.6. The predicted octanol–water partition coefficient (Wildman–Crippen LogP) is 3.32. The van der Waals surface area contributed by atoms with E-state index in [9.17, 15) is 33.6 Å². The fourth-order valence-corrected chi connectivity index (χ4v) is 6.01. The van der Waals surface area contributed by atoms with E-state index in [2.05, 4.69) is 16.0 Å². The Hall–Kier alpha value is -2.93. The van der Waals surface area contributed by atoms with Crippen molar-refractivity contribution < 1.29 is 66.7 Å². The Bertz CT molecular complexity index is 1270. The third kappa shape index (κ3) is 17.7. The third-order valence-electron chi connectivity index (χ3n) is 7.01. The molecule has 0 aliphatic carbocycles. The Kier molecular flexibility index (Phi) is 19.6. The van der Waals surface area contributed by atoms with Crippen LogP contribution in [-0.4, -0.2) is 119 Å². The minimum absolute atomic E-state index is 0.00252. The van der Waals surface area contributed by atoms with Crippen LogP contribution in [0.4, 0.5) is 9.59 Å². The number of amides is 3. The molecule has 1 aliphatic rings. The standard InChI is InChI=1S/C31H48Cl3N3O14S/c1-10-15(2)21(26(42)45-9)36-25(41)19(35-29(44)51-30(6,7)8)11-12-52-27-22(37-28(43)47-14-31(32,33)34)24(49-18(5)40)23(48-17(4)39)20(50-27)13-46-16(3)38/h15,19-24,27H,10-14H2,1-9H3,(H,35,44)(H,36,41)(H,37,43)/t15-,19-,20+,21-,22+,23+,24+,27-/m0/s1. The number of halogens is 3. The molecule has 0 bridgehead atoms. The van der Waals surface area contributed by atoms with Crippen LogP contribution in [0.3, 0.4) is 0 Å². The van der Waals surface area contributed by atoms with Crippen LogP contribution < -0.4 is 16.0 Å². The number of methoxy groups -OCH3 is 1. The molecule has 0 radical (unpaired) electrons. The number of hydrogen-bond donors (Lipinski definition) is 3. The topological polar surface area (TPSA) is 220 Å². The molecule has 3 amide bonds. The van der Waals surface area contributed by atoms with E-state index >= 15 is 0 Å². The molecule has 21 heteroatoms. The molecule has 0 aromatic heterocycles. The maximum Gasteiger partial charge on any atom is 0.408 e. The zero-order valence-corrected chi connectivity index (χ0v) is 33.5. The van der Waals surface area contributed by atoms with Crippen LogP contribution in [0.1, 0.15) is 68.2 Å². The zero-order chi connectivity index (χ0) is 40.0. The van der Waals surface area contributed by atoms with Crippen molar-refractivity contribution in [3.8, 4) is 0 Å². The maximum absolute atomic E-state index is 13.6. The molecule has 1 heterocycles. The van der Waals surface area contributed by atoms with Crippen molar-refractivity contribution in [3.63, 3.8) is 0 Å². The number of nitrogens with one attached hydrogen (secondary N) is 3. The second kappa shape index (κ2) is 21.7. The van der Waals surface area contributed by atoms with E-state index < -0.39 is 106 Å². The molecule has 3 N–H and O–H groups in total. The van der Waals surface area contributed by atoms with Crippen molar-refractivity contribution in [2.75, 3.05) is 26.1 Å². The number of carbonyl (C=O) groups is 7. The second-order valence-electron chi connectivity index (χ2n) is 12.6. The Balaban J connectivity index is 3.52. The molecule has 1 fully saturated rings. The summed E-state index contributed by atoms with van der Waals surface area (Å²) >= 11 is 18.1. The van der Waals surface area contributed by atoms with Gasteiger partial charge in [-0.05, 0) is 38.9 Å². The maximum atomic E-state index is 13.6. The molecule has 1 saturated heterocycles. The van der Waals surface area contributed by atoms with E-state index in [1.807, 2.05) is 6.92 Å². The van der Waals surface area contributed by atoms with E-state index in [0.717, 1.165) is 32.5 Å². The smallest absolute Gasteiger partial charge is 0.408 e. The van der Waals surface area contributed by atoms with Gasteiger partial charge in [0.15, 0.2) is 12.2 Å². The number of rotatable bonds is 16. The summed E-state index contributed by atoms with van der Waals surface area (Å²) < 4.78 is 35.5. The van der Waals surface area contributed by atoms with Crippen LogP contribution >= 0.6 is 46.6 Å². The number of carbonyl (C=O) groups excluding carboxylic acids is 7. The van der Waals surface area contributed by atoms with E-state index in [1.165, 1.54) is 7.11 Å². The van der Waals surface area contributed by atoms with Gasteiger partial charge in [-0.15, -0.1) is 11.8 Å². The average molecular weight is 825 g/mol. The number of esters is 4. The average Bonchev–Trinajstić information content (AvgIpc) is 3.01. The van der Waals surface area contributed by atoms with Gasteiger partial charge in [0, 0.05) is 20.8 Å². The molecular weight excluding hydrogens is 777 g/mol. The van der Waals surface area contributed by atoms with Crippen LogP contribution in [0.5, 0.6) is 0 Å². The van der Waals surface area contributed by atoms with Gasteiger partial charge in [0.05, 0.1) is 7.11 Å². The summed E-state index contributed by atoms with van der Waals surface area (Å²) in [5.74, 6) is -4.08. The van der Waals surface area contributed by atoms with Crippen molar-refractivity contribution >= 4 is 88.5 Å². The largest absolute Gasteiger partial charge is 0.467 e. The molecule has 8 atom stereocenters. The number of thioether (sulfide) groups is 1. The molecule has 298 valence electrons. The molecule has 0 aromatic rings. The van der Waals surface area contributed by atoms with Gasteiger partial charge in [-0.3, -0.25) is 19.2 Å². The summed E-state index contributed by atoms with van der Waals surface area (Å²) in [5, 5.41) is 7.65. The first-order valence-electron chi connectivity index (χ1n) is 16.1. The predicted molar refractivity (Wildman–Crippen MR) is 189 cm³/mol. The highest BCUT2D eigenvalue weighted by molar-refractivity contribution is 7.99. The molecule has 0 spiro atoms. The van der Waals surface area contributed by atoms with E-state index in [-0.39, 0.29) is 18.1 Å². The Morgan fingerprint density at radius 1 is 0.865 bits per heavy atom. The quantitative estimate of drug-likeness (QED) is 0.116. The van der Waals surface area contributed by atoms with Crippen molar-refractivity contribution in [2.45, 2.75) is 119 Å². The van der Waals surface area contributed by atoms with Gasteiger partial charge >= 0.3 is 36.1 Å². The lowest BCUT2D eigenvalue weighted by Gasteiger charge is -2.45. The lowest BCUT2D eigenvalue weighted by Crippen LogP contribution is -2.65. The zero-order valence-electron chi connectivity index (χ0n) is 30.4. The van der Waals surface area contributed by atoms with Crippen LogP contribution in [0.25, 0.3) is 0 Å². The van der Waals surface area contributed by atoms with Crippen LogP contribution in [0.15, 0.2) is 0 Å². The summed E-state index contributed by atoms with van der Waals surface area (Å²) in [7, 11) is 1.18. The molecular formula is C31H48Cl3N3O14S. The number of alkyl halides is 3. The van der Waals surface area contributed by atoms with Crippen molar-refractivity contribution in [2.24, 2.45) is 5.92 Å². The van der Waals surface area contributed by atoms with E-state index in [1.54, 1.807) is 27.7 Å². The highest BCUT2D eigenvalue weighted by Crippen LogP contribution is 2.33. The van der Waals surface area contributed by atoms with Crippen LogP contribution in [-0.2, 0) is 57.1 Å². The van der Waals surface area contributed by atoms with Crippen molar-refractivity contribution in [1.82, 2.24) is 16.0 Å². The highest BCUT2D eigenvalue weighted by Gasteiger charge is 2.51. The number of ether oxygens (including phenoxy) is 7. The minimum Gasteiger partial charge on any atom is -0.467 e. The normalized spacial score (nSPS) is 22.0. The Morgan fingerprint density at radius 2 is 1.46 bits per heavy atom. The Labute approximate surface area is 321 Å². The van der Waals surface area contributed by atoms with Gasteiger partial charge in [0.1, 0.15) is 48.5 Å². The fourth-order valence-electron chi connectivity index (χ4n) is 4.59. The first-order chi connectivity index (χ1) is 24.0. The van der Waals surface area contributed by atoms with Gasteiger partial charge in [0.2, 0.25) is 9.70 Å². The summed E-state index contributed by atoms with van der Waals surface area (Å²) in [6.07, 6.45) is -5.70. The SMILES string of the molecule is CC[C@H](C)[C@H](NC(=O)[C@H](CCS[C@@H]1O[C@H](COC(C)=O)[C@@H](OC(C)=O)[C@H](OC(C)=O)[C@H]1NC(=O)OCC(Cl)(Cl)Cl)NC(=O)OC(C)(C)C)C(=O)OC. The van der Waals surface area contributed by atoms with Crippen molar-refractivity contribution in [1.29, 1.82) is 0 Å². The summed E-state index contributed by atoms with van der Waals surface area (Å²) in [6.45, 7) is 10.6. The molecule has 52 heavy (non-hydrogen) atoms.